The molecule has 2 rings (SSSR count). The Kier molecular flexibility index (Phi) is 4.28. The van der Waals surface area contributed by atoms with Crippen LogP contribution >= 0.6 is 15.9 Å². The molecule has 1 aromatic carbocycles. The number of halogens is 1. The van der Waals surface area contributed by atoms with E-state index >= 15 is 0 Å². The number of likely N-dealkylation sites (tertiary alicyclic amines) is 1. The molecule has 1 N–H and O–H groups in total. The number of carboxylic acids is 1. The molecule has 5 heteroatoms. The molecule has 0 radical (unpaired) electrons. The van der Waals surface area contributed by atoms with Gasteiger partial charge in [-0.1, -0.05) is 28.1 Å². The van der Waals surface area contributed by atoms with Gasteiger partial charge in [-0.15, -0.1) is 0 Å². The van der Waals surface area contributed by atoms with Crippen molar-refractivity contribution in [1.29, 1.82) is 0 Å². The Balaban J connectivity index is 2.01. The summed E-state index contributed by atoms with van der Waals surface area (Å²) >= 11 is 3.37. The molecule has 1 aliphatic rings. The number of aliphatic carboxylic acids is 1. The first kappa shape index (κ1) is 14.8. The molecular weight excluding hydrogens is 322 g/mol. The van der Waals surface area contributed by atoms with Crippen molar-refractivity contribution < 1.29 is 14.7 Å². The lowest BCUT2D eigenvalue weighted by atomic mass is 9.90. The maximum absolute atomic E-state index is 12.0. The molecule has 1 heterocycles. The molecule has 1 amide bonds. The van der Waals surface area contributed by atoms with Gasteiger partial charge in [0, 0.05) is 23.6 Å². The minimum absolute atomic E-state index is 0.144. The van der Waals surface area contributed by atoms with E-state index in [1.165, 1.54) is 6.08 Å². The summed E-state index contributed by atoms with van der Waals surface area (Å²) in [5, 5.41) is 9.15. The Morgan fingerprint density at radius 2 is 2.20 bits per heavy atom. The number of amides is 1. The van der Waals surface area contributed by atoms with Gasteiger partial charge in [-0.2, -0.15) is 0 Å². The number of carbonyl (C=O) groups excluding carboxylic acids is 1. The minimum Gasteiger partial charge on any atom is -0.481 e. The number of hydrogen-bond donors (Lipinski definition) is 1. The average molecular weight is 338 g/mol. The van der Waals surface area contributed by atoms with E-state index in [4.69, 9.17) is 5.11 Å². The molecule has 1 saturated heterocycles. The second-order valence-corrected chi connectivity index (χ2v) is 6.18. The smallest absolute Gasteiger partial charge is 0.311 e. The quantitative estimate of drug-likeness (QED) is 0.863. The second-order valence-electron chi connectivity index (χ2n) is 5.26. The molecule has 1 unspecified atom stereocenters. The van der Waals surface area contributed by atoms with Crippen molar-refractivity contribution in [2.45, 2.75) is 13.3 Å². The number of hydrogen-bond acceptors (Lipinski definition) is 2. The van der Waals surface area contributed by atoms with Gasteiger partial charge in [-0.3, -0.25) is 9.59 Å². The zero-order valence-corrected chi connectivity index (χ0v) is 12.8. The number of benzene rings is 1. The summed E-state index contributed by atoms with van der Waals surface area (Å²) in [6, 6.07) is 7.62. The van der Waals surface area contributed by atoms with Gasteiger partial charge in [-0.05, 0) is 37.1 Å². The second kappa shape index (κ2) is 5.79. The maximum Gasteiger partial charge on any atom is 0.311 e. The molecule has 1 aliphatic heterocycles. The zero-order chi connectivity index (χ0) is 14.8. The monoisotopic (exact) mass is 337 g/mol. The van der Waals surface area contributed by atoms with E-state index in [1.54, 1.807) is 17.9 Å². The van der Waals surface area contributed by atoms with Crippen LogP contribution in [0.1, 0.15) is 18.9 Å². The molecule has 1 aromatic rings. The van der Waals surface area contributed by atoms with Crippen LogP contribution in [-0.4, -0.2) is 35.0 Å². The Morgan fingerprint density at radius 3 is 2.80 bits per heavy atom. The summed E-state index contributed by atoms with van der Waals surface area (Å²) < 4.78 is 0.951. The van der Waals surface area contributed by atoms with Gasteiger partial charge in [-0.25, -0.2) is 0 Å². The van der Waals surface area contributed by atoms with Crippen LogP contribution in [0.4, 0.5) is 0 Å². The van der Waals surface area contributed by atoms with Gasteiger partial charge in [0.05, 0.1) is 5.41 Å². The maximum atomic E-state index is 12.0. The van der Waals surface area contributed by atoms with E-state index in [0.717, 1.165) is 10.0 Å². The molecular formula is C15H16BrNO3. The van der Waals surface area contributed by atoms with Gasteiger partial charge in [0.25, 0.3) is 0 Å². The first-order valence-corrected chi connectivity index (χ1v) is 7.16. The lowest BCUT2D eigenvalue weighted by molar-refractivity contribution is -0.147. The summed E-state index contributed by atoms with van der Waals surface area (Å²) in [7, 11) is 0. The van der Waals surface area contributed by atoms with E-state index in [2.05, 4.69) is 15.9 Å². The normalized spacial score (nSPS) is 22.4. The van der Waals surface area contributed by atoms with E-state index in [0.29, 0.717) is 13.0 Å². The molecule has 0 aliphatic carbocycles. The highest BCUT2D eigenvalue weighted by molar-refractivity contribution is 9.10. The third kappa shape index (κ3) is 3.28. The Bertz CT molecular complexity index is 570. The average Bonchev–Trinajstić information content (AvgIpc) is 2.80. The zero-order valence-electron chi connectivity index (χ0n) is 11.2. The first-order valence-electron chi connectivity index (χ1n) is 6.37. The van der Waals surface area contributed by atoms with E-state index in [-0.39, 0.29) is 12.5 Å². The number of carboxylic acid groups (broad SMARTS) is 1. The van der Waals surface area contributed by atoms with Crippen molar-refractivity contribution in [3.05, 3.63) is 40.4 Å². The fourth-order valence-corrected chi connectivity index (χ4v) is 2.62. The van der Waals surface area contributed by atoms with Crippen LogP contribution in [0.25, 0.3) is 6.08 Å². The minimum atomic E-state index is -0.844. The van der Waals surface area contributed by atoms with Crippen LogP contribution in [0, 0.1) is 5.41 Å². The predicted molar refractivity (Wildman–Crippen MR) is 80.1 cm³/mol. The standard InChI is InChI=1S/C15H16BrNO3/c1-15(14(19)20)7-8-17(10-15)13(18)6-5-11-3-2-4-12(16)9-11/h2-6,9H,7-8,10H2,1H3,(H,19,20). The van der Waals surface area contributed by atoms with E-state index in [9.17, 15) is 9.59 Å². The van der Waals surface area contributed by atoms with Crippen molar-refractivity contribution in [3.8, 4) is 0 Å². The summed E-state index contributed by atoms with van der Waals surface area (Å²) in [5.41, 5.74) is 0.104. The van der Waals surface area contributed by atoms with Crippen LogP contribution in [0.5, 0.6) is 0 Å². The van der Waals surface area contributed by atoms with Crippen molar-refractivity contribution in [1.82, 2.24) is 4.90 Å². The summed E-state index contributed by atoms with van der Waals surface area (Å²) in [6.07, 6.45) is 3.73. The Labute approximate surface area is 126 Å². The first-order chi connectivity index (χ1) is 9.40. The summed E-state index contributed by atoms with van der Waals surface area (Å²) in [5.74, 6) is -0.987. The molecule has 0 spiro atoms. The van der Waals surface area contributed by atoms with Gasteiger partial charge in [0.15, 0.2) is 0 Å². The van der Waals surface area contributed by atoms with Crippen LogP contribution < -0.4 is 0 Å². The van der Waals surface area contributed by atoms with Crippen LogP contribution in [0.15, 0.2) is 34.8 Å². The van der Waals surface area contributed by atoms with E-state index in [1.807, 2.05) is 24.3 Å². The molecule has 1 atom stereocenters. The highest BCUT2D eigenvalue weighted by atomic mass is 79.9. The van der Waals surface area contributed by atoms with Gasteiger partial charge in [0.1, 0.15) is 0 Å². The SMILES string of the molecule is CC1(C(=O)O)CCN(C(=O)C=Cc2cccc(Br)c2)C1. The molecule has 1 fully saturated rings. The van der Waals surface area contributed by atoms with Crippen molar-refractivity contribution >= 4 is 33.9 Å². The number of rotatable bonds is 3. The van der Waals surface area contributed by atoms with Crippen LogP contribution in [0.2, 0.25) is 0 Å². The van der Waals surface area contributed by atoms with Gasteiger partial charge in [0.2, 0.25) is 5.91 Å². The molecule has 20 heavy (non-hydrogen) atoms. The lowest BCUT2D eigenvalue weighted by Crippen LogP contribution is -2.34. The van der Waals surface area contributed by atoms with Gasteiger partial charge < -0.3 is 10.0 Å². The fourth-order valence-electron chi connectivity index (χ4n) is 2.21. The van der Waals surface area contributed by atoms with Crippen molar-refractivity contribution in [2.24, 2.45) is 5.41 Å². The topological polar surface area (TPSA) is 57.6 Å². The Morgan fingerprint density at radius 1 is 1.45 bits per heavy atom. The van der Waals surface area contributed by atoms with Crippen molar-refractivity contribution in [2.75, 3.05) is 13.1 Å². The highest BCUT2D eigenvalue weighted by Gasteiger charge is 2.41. The lowest BCUT2D eigenvalue weighted by Gasteiger charge is -2.18. The number of carbonyl (C=O) groups is 2. The third-order valence-electron chi connectivity index (χ3n) is 3.57. The van der Waals surface area contributed by atoms with Gasteiger partial charge >= 0.3 is 5.97 Å². The van der Waals surface area contributed by atoms with Crippen LogP contribution in [0.3, 0.4) is 0 Å². The summed E-state index contributed by atoms with van der Waals surface area (Å²) in [6.45, 7) is 2.44. The molecule has 106 valence electrons. The third-order valence-corrected chi connectivity index (χ3v) is 4.06. The highest BCUT2D eigenvalue weighted by Crippen LogP contribution is 2.30. The van der Waals surface area contributed by atoms with Crippen molar-refractivity contribution in [3.63, 3.8) is 0 Å². The Hall–Kier alpha value is -1.62. The molecule has 0 saturated carbocycles. The molecule has 0 aromatic heterocycles. The van der Waals surface area contributed by atoms with Crippen LogP contribution in [-0.2, 0) is 9.59 Å². The largest absolute Gasteiger partial charge is 0.481 e. The summed E-state index contributed by atoms with van der Waals surface area (Å²) in [4.78, 5) is 24.8. The predicted octanol–water partition coefficient (Wildman–Crippen LogP) is 2.79. The number of nitrogens with zero attached hydrogens (tertiary/aromatic N) is 1. The van der Waals surface area contributed by atoms with E-state index < -0.39 is 11.4 Å². The molecule has 0 bridgehead atoms. The fraction of sp³-hybridized carbons (Fsp3) is 0.333. The molecule has 4 nitrogen and oxygen atoms in total.